The number of benzene rings is 1. The zero-order valence-corrected chi connectivity index (χ0v) is 10.5. The summed E-state index contributed by atoms with van der Waals surface area (Å²) in [5, 5.41) is 0. The SMILES string of the molecule is Cc1ccc(C(=O)[C@@H]2[C@H]3C(=O)[C@H]4OC[C@H](O4)[C@@H]23)cc1. The van der Waals surface area contributed by atoms with Crippen molar-refractivity contribution >= 4 is 11.6 Å². The highest BCUT2D eigenvalue weighted by atomic mass is 16.7. The number of ether oxygens (including phenoxy) is 2. The summed E-state index contributed by atoms with van der Waals surface area (Å²) in [6, 6.07) is 7.52. The largest absolute Gasteiger partial charge is 0.343 e. The number of hydrogen-bond donors (Lipinski definition) is 0. The maximum atomic E-state index is 12.5. The Morgan fingerprint density at radius 2 is 2.00 bits per heavy atom. The van der Waals surface area contributed by atoms with Gasteiger partial charge in [0.15, 0.2) is 11.6 Å². The van der Waals surface area contributed by atoms with Gasteiger partial charge in [-0.1, -0.05) is 29.8 Å². The number of carbonyl (C=O) groups excluding carboxylic acids is 2. The van der Waals surface area contributed by atoms with E-state index in [0.29, 0.717) is 12.2 Å². The highest BCUT2D eigenvalue weighted by Gasteiger charge is 2.68. The number of fused-ring (bicyclic) bond motifs is 4. The molecule has 2 heterocycles. The molecule has 0 N–H and O–H groups in total. The molecule has 4 nitrogen and oxygen atoms in total. The van der Waals surface area contributed by atoms with Gasteiger partial charge in [-0.25, -0.2) is 0 Å². The van der Waals surface area contributed by atoms with Gasteiger partial charge in [-0.05, 0) is 6.92 Å². The highest BCUT2D eigenvalue weighted by Crippen LogP contribution is 2.57. The second-order valence-electron chi connectivity index (χ2n) is 5.60. The van der Waals surface area contributed by atoms with Crippen LogP contribution < -0.4 is 0 Å². The van der Waals surface area contributed by atoms with Crippen LogP contribution in [0.1, 0.15) is 15.9 Å². The first-order valence-corrected chi connectivity index (χ1v) is 6.58. The Hall–Kier alpha value is -1.52. The normalized spacial score (nSPS) is 39.0. The summed E-state index contributed by atoms with van der Waals surface area (Å²) in [7, 11) is 0. The predicted molar refractivity (Wildman–Crippen MR) is 65.6 cm³/mol. The molecule has 1 aromatic rings. The van der Waals surface area contributed by atoms with E-state index in [1.54, 1.807) is 0 Å². The molecule has 1 saturated carbocycles. The number of carbonyl (C=O) groups is 2. The van der Waals surface area contributed by atoms with E-state index in [1.807, 2.05) is 31.2 Å². The Morgan fingerprint density at radius 1 is 1.26 bits per heavy atom. The molecule has 2 bridgehead atoms. The lowest BCUT2D eigenvalue weighted by molar-refractivity contribution is -0.153. The Labute approximate surface area is 110 Å². The van der Waals surface area contributed by atoms with Crippen LogP contribution >= 0.6 is 0 Å². The van der Waals surface area contributed by atoms with Crippen molar-refractivity contribution < 1.29 is 19.1 Å². The standard InChI is InChI=1S/C15H14O4/c1-7-2-4-8(5-3-7)13(16)11-10-9-6-18-15(19-9)14(17)12(10)11/h2-5,9-12,15H,6H2,1H3/t9-,10-,11-,12-,15-/m0/s1. The minimum atomic E-state index is -0.720. The third kappa shape index (κ3) is 1.53. The monoisotopic (exact) mass is 258 g/mol. The molecule has 1 aromatic carbocycles. The second kappa shape index (κ2) is 3.74. The first-order valence-electron chi connectivity index (χ1n) is 6.58. The van der Waals surface area contributed by atoms with Crippen molar-refractivity contribution in [3.8, 4) is 0 Å². The Kier molecular flexibility index (Phi) is 2.23. The number of aryl methyl sites for hydroxylation is 1. The van der Waals surface area contributed by atoms with Crippen LogP contribution in [0.25, 0.3) is 0 Å². The van der Waals surface area contributed by atoms with Crippen LogP contribution in [0.2, 0.25) is 0 Å². The lowest BCUT2D eigenvalue weighted by atomic mass is 10.0. The lowest BCUT2D eigenvalue weighted by Gasteiger charge is -2.14. The van der Waals surface area contributed by atoms with Crippen LogP contribution in [-0.2, 0) is 14.3 Å². The van der Waals surface area contributed by atoms with E-state index in [1.165, 1.54) is 0 Å². The van der Waals surface area contributed by atoms with Crippen LogP contribution in [-0.4, -0.2) is 30.6 Å². The van der Waals surface area contributed by atoms with E-state index >= 15 is 0 Å². The topological polar surface area (TPSA) is 52.6 Å². The van der Waals surface area contributed by atoms with Crippen molar-refractivity contribution in [2.45, 2.75) is 19.3 Å². The lowest BCUT2D eigenvalue weighted by Crippen LogP contribution is -2.30. The second-order valence-corrected chi connectivity index (χ2v) is 5.60. The van der Waals surface area contributed by atoms with Crippen molar-refractivity contribution in [3.05, 3.63) is 35.4 Å². The van der Waals surface area contributed by atoms with Gasteiger partial charge in [0.2, 0.25) is 6.29 Å². The summed E-state index contributed by atoms with van der Waals surface area (Å²) in [6.07, 6.45) is -0.797. The molecule has 3 aliphatic rings. The predicted octanol–water partition coefficient (Wildman–Crippen LogP) is 1.36. The molecule has 3 fully saturated rings. The fourth-order valence-electron chi connectivity index (χ4n) is 3.34. The van der Waals surface area contributed by atoms with Gasteiger partial charge in [-0.2, -0.15) is 0 Å². The maximum absolute atomic E-state index is 12.5. The van der Waals surface area contributed by atoms with Crippen molar-refractivity contribution in [1.29, 1.82) is 0 Å². The van der Waals surface area contributed by atoms with E-state index in [9.17, 15) is 9.59 Å². The summed E-state index contributed by atoms with van der Waals surface area (Å²) >= 11 is 0. The summed E-state index contributed by atoms with van der Waals surface area (Å²) in [6.45, 7) is 2.42. The van der Waals surface area contributed by atoms with Gasteiger partial charge < -0.3 is 9.47 Å². The van der Waals surface area contributed by atoms with E-state index in [4.69, 9.17) is 9.47 Å². The summed E-state index contributed by atoms with van der Waals surface area (Å²) < 4.78 is 10.7. The van der Waals surface area contributed by atoms with Crippen LogP contribution in [0.3, 0.4) is 0 Å². The summed E-state index contributed by atoms with van der Waals surface area (Å²) in [5.74, 6) is -0.335. The zero-order valence-electron chi connectivity index (χ0n) is 10.5. The van der Waals surface area contributed by atoms with Crippen LogP contribution in [0.15, 0.2) is 24.3 Å². The average Bonchev–Trinajstić information content (AvgIpc) is 3.02. The smallest absolute Gasteiger partial charge is 0.218 e. The zero-order chi connectivity index (χ0) is 13.1. The van der Waals surface area contributed by atoms with Crippen LogP contribution in [0, 0.1) is 24.7 Å². The fourth-order valence-corrected chi connectivity index (χ4v) is 3.34. The molecule has 0 radical (unpaired) electrons. The molecule has 0 amide bonds. The van der Waals surface area contributed by atoms with Gasteiger partial charge in [-0.3, -0.25) is 9.59 Å². The Bertz CT molecular complexity index is 562. The van der Waals surface area contributed by atoms with E-state index < -0.39 is 6.29 Å². The van der Waals surface area contributed by atoms with Gasteiger partial charge >= 0.3 is 0 Å². The molecule has 0 aromatic heterocycles. The first kappa shape index (κ1) is 11.3. The van der Waals surface area contributed by atoms with E-state index in [2.05, 4.69) is 0 Å². The van der Waals surface area contributed by atoms with Crippen LogP contribution in [0.5, 0.6) is 0 Å². The maximum Gasteiger partial charge on any atom is 0.218 e. The third-order valence-electron chi connectivity index (χ3n) is 4.41. The fraction of sp³-hybridized carbons (Fsp3) is 0.467. The minimum absolute atomic E-state index is 0.0278. The molecule has 19 heavy (non-hydrogen) atoms. The minimum Gasteiger partial charge on any atom is -0.343 e. The van der Waals surface area contributed by atoms with Crippen molar-refractivity contribution in [2.24, 2.45) is 17.8 Å². The Morgan fingerprint density at radius 3 is 2.74 bits per heavy atom. The number of rotatable bonds is 2. The van der Waals surface area contributed by atoms with E-state index in [-0.39, 0.29) is 35.4 Å². The summed E-state index contributed by atoms with van der Waals surface area (Å²) in [5.41, 5.74) is 1.81. The molecule has 4 heteroatoms. The molecule has 5 atom stereocenters. The van der Waals surface area contributed by atoms with Gasteiger partial charge in [0.25, 0.3) is 0 Å². The number of hydrogen-bond acceptors (Lipinski definition) is 4. The molecule has 4 rings (SSSR count). The molecule has 2 saturated heterocycles. The Balaban J connectivity index is 1.60. The van der Waals surface area contributed by atoms with Crippen LogP contribution in [0.4, 0.5) is 0 Å². The molecular weight excluding hydrogens is 244 g/mol. The molecular formula is C15H14O4. The third-order valence-corrected chi connectivity index (χ3v) is 4.41. The molecule has 1 aliphatic carbocycles. The van der Waals surface area contributed by atoms with Crippen molar-refractivity contribution in [1.82, 2.24) is 0 Å². The number of ketones is 2. The highest BCUT2D eigenvalue weighted by molar-refractivity contribution is 6.05. The average molecular weight is 258 g/mol. The first-order chi connectivity index (χ1) is 9.16. The quantitative estimate of drug-likeness (QED) is 0.752. The van der Waals surface area contributed by atoms with E-state index in [0.717, 1.165) is 5.56 Å². The van der Waals surface area contributed by atoms with Gasteiger partial charge in [-0.15, -0.1) is 0 Å². The summed E-state index contributed by atoms with van der Waals surface area (Å²) in [4.78, 5) is 24.5. The molecule has 0 unspecified atom stereocenters. The molecule has 98 valence electrons. The number of Topliss-reactive ketones (excluding diaryl/α,β-unsaturated/α-hetero) is 2. The van der Waals surface area contributed by atoms with Gasteiger partial charge in [0.1, 0.15) is 0 Å². The van der Waals surface area contributed by atoms with Gasteiger partial charge in [0.05, 0.1) is 12.7 Å². The van der Waals surface area contributed by atoms with Gasteiger partial charge in [0, 0.05) is 23.3 Å². The van der Waals surface area contributed by atoms with Crippen molar-refractivity contribution in [3.63, 3.8) is 0 Å². The molecule has 0 spiro atoms. The van der Waals surface area contributed by atoms with Crippen molar-refractivity contribution in [2.75, 3.05) is 6.61 Å². The molecule has 2 aliphatic heterocycles.